The Morgan fingerprint density at radius 2 is 1.21 bits per heavy atom. The number of aryl methyl sites for hydroxylation is 2. The topological polar surface area (TPSA) is 284 Å². The van der Waals surface area contributed by atoms with Crippen LogP contribution in [-0.4, -0.2) is 166 Å². The van der Waals surface area contributed by atoms with Gasteiger partial charge in [-0.15, -0.1) is 5.10 Å². The Bertz CT molecular complexity index is 1570. The highest BCUT2D eigenvalue weighted by Gasteiger charge is 2.29. The van der Waals surface area contributed by atoms with Gasteiger partial charge in [0.1, 0.15) is 6.73 Å². The van der Waals surface area contributed by atoms with E-state index in [-0.39, 0.29) is 30.9 Å². The first-order valence-corrected chi connectivity index (χ1v) is 23.0. The number of unbranched alkanes of at least 4 members (excludes halogenated alkanes) is 2. The summed E-state index contributed by atoms with van der Waals surface area (Å²) in [6, 6.07) is 3.64. The Kier molecular flexibility index (Phi) is 31.5. The Labute approximate surface area is 367 Å². The predicted octanol–water partition coefficient (Wildman–Crippen LogP) is 4.25. The fourth-order valence-corrected chi connectivity index (χ4v) is 7.03. The molecule has 2 aromatic rings. The van der Waals surface area contributed by atoms with Crippen molar-refractivity contribution in [2.75, 3.05) is 125 Å². The van der Waals surface area contributed by atoms with E-state index in [1.54, 1.807) is 10.9 Å². The van der Waals surface area contributed by atoms with Crippen molar-refractivity contribution >= 4 is 24.9 Å². The van der Waals surface area contributed by atoms with Gasteiger partial charge in [-0.1, -0.05) is 25.0 Å². The second-order valence-corrected chi connectivity index (χ2v) is 15.8. The van der Waals surface area contributed by atoms with Gasteiger partial charge in [0.05, 0.1) is 152 Å². The molecular weight excluding hydrogens is 857 g/mol. The lowest BCUT2D eigenvalue weighted by atomic mass is 10.1. The molecule has 1 aromatic carbocycles. The average Bonchev–Trinajstić information content (AvgIpc) is 3.71. The number of benzene rings is 1. The second kappa shape index (κ2) is 35.7. The van der Waals surface area contributed by atoms with Crippen LogP contribution < -0.4 is 0 Å². The standard InChI is InChI=1S/C39H66N5O18P/c1-2-7-35(39(45)46)32-63(51,52)62-13-5-3-4-9-36-31-42(41-40-36)33-61-29-28-60-27-26-59-25-24-58-23-22-57-21-20-56-19-18-55-17-16-54-15-14-53-12-6-8-34-10-11-37(43(47)48)30-38(34)44(49)50/h10-11,30-31,35H,2-9,12-29,32-33H2,1H3,(H,45,46)(H,51,52)/t35-/m1/s1. The first kappa shape index (κ1) is 55.6. The molecule has 1 unspecified atom stereocenters. The summed E-state index contributed by atoms with van der Waals surface area (Å²) < 4.78 is 68.3. The SMILES string of the molecule is CCC[C@H](CP(=O)(O)OCCCCCc1cn(COCCOCCOCCOCCOCCOCCOCCOCCOCCCc2ccc([N+](=O)[O-])cc2[N+](=O)[O-])nn1)C(=O)O. The zero-order valence-electron chi connectivity index (χ0n) is 36.3. The largest absolute Gasteiger partial charge is 0.481 e. The van der Waals surface area contributed by atoms with Crippen LogP contribution in [0.25, 0.3) is 0 Å². The van der Waals surface area contributed by atoms with Crippen molar-refractivity contribution in [1.82, 2.24) is 15.0 Å². The van der Waals surface area contributed by atoms with Gasteiger partial charge in [-0.25, -0.2) is 4.68 Å². The number of carboxylic acid groups (broad SMARTS) is 1. The Morgan fingerprint density at radius 3 is 1.68 bits per heavy atom. The third-order valence-corrected chi connectivity index (χ3v) is 10.3. The van der Waals surface area contributed by atoms with Crippen LogP contribution in [0.15, 0.2) is 24.4 Å². The molecule has 0 spiro atoms. The number of hydrogen-bond donors (Lipinski definition) is 2. The lowest BCUT2D eigenvalue weighted by molar-refractivity contribution is -0.394. The molecule has 0 saturated carbocycles. The molecule has 0 aliphatic rings. The van der Waals surface area contributed by atoms with Crippen molar-refractivity contribution in [3.05, 3.63) is 55.9 Å². The zero-order valence-corrected chi connectivity index (χ0v) is 37.2. The summed E-state index contributed by atoms with van der Waals surface area (Å²) in [6.45, 7) is 9.21. The van der Waals surface area contributed by atoms with Crippen LogP contribution in [-0.2, 0) is 76.1 Å². The quantitative estimate of drug-likeness (QED) is 0.0406. The molecular formula is C39H66N5O18P. The normalized spacial score (nSPS) is 13.0. The van der Waals surface area contributed by atoms with Gasteiger partial charge in [-0.2, -0.15) is 0 Å². The summed E-state index contributed by atoms with van der Waals surface area (Å²) in [5.74, 6) is -1.96. The molecule has 0 bridgehead atoms. The molecule has 0 radical (unpaired) electrons. The molecule has 2 N–H and O–H groups in total. The number of nitro groups is 2. The molecule has 24 heteroatoms. The first-order chi connectivity index (χ1) is 30.5. The maximum atomic E-state index is 12.2. The van der Waals surface area contributed by atoms with Crippen LogP contribution in [0.3, 0.4) is 0 Å². The lowest BCUT2D eigenvalue weighted by Crippen LogP contribution is -2.18. The van der Waals surface area contributed by atoms with Crippen LogP contribution in [0.1, 0.15) is 56.7 Å². The number of aromatic nitrogens is 3. The Morgan fingerprint density at radius 1 is 0.698 bits per heavy atom. The van der Waals surface area contributed by atoms with E-state index in [1.165, 1.54) is 12.1 Å². The maximum Gasteiger partial charge on any atom is 0.328 e. The van der Waals surface area contributed by atoms with Crippen molar-refractivity contribution < 1.29 is 76.4 Å². The number of ether oxygens (including phenoxy) is 9. The summed E-state index contributed by atoms with van der Waals surface area (Å²) in [4.78, 5) is 42.0. The van der Waals surface area contributed by atoms with E-state index in [2.05, 4.69) is 10.3 Å². The fourth-order valence-electron chi connectivity index (χ4n) is 5.61. The number of nitrogens with zero attached hydrogens (tertiary/aromatic N) is 5. The molecule has 0 saturated heterocycles. The summed E-state index contributed by atoms with van der Waals surface area (Å²) >= 11 is 0. The van der Waals surface area contributed by atoms with Crippen molar-refractivity contribution in [1.29, 1.82) is 0 Å². The number of carboxylic acids is 1. The predicted molar refractivity (Wildman–Crippen MR) is 225 cm³/mol. The minimum atomic E-state index is -3.94. The molecule has 1 aromatic heterocycles. The molecule has 0 amide bonds. The van der Waals surface area contributed by atoms with Gasteiger partial charge in [-0.05, 0) is 44.6 Å². The van der Waals surface area contributed by atoms with Crippen LogP contribution in [0.4, 0.5) is 11.4 Å². The van der Waals surface area contributed by atoms with Crippen LogP contribution in [0, 0.1) is 26.1 Å². The zero-order chi connectivity index (χ0) is 45.8. The van der Waals surface area contributed by atoms with E-state index < -0.39 is 29.3 Å². The highest BCUT2D eigenvalue weighted by Crippen LogP contribution is 2.44. The third-order valence-electron chi connectivity index (χ3n) is 8.80. The summed E-state index contributed by atoms with van der Waals surface area (Å²) in [7, 11) is -3.94. The molecule has 0 aliphatic carbocycles. The van der Waals surface area contributed by atoms with Gasteiger partial charge in [-0.3, -0.25) is 29.6 Å². The highest BCUT2D eigenvalue weighted by atomic mass is 31.2. The van der Waals surface area contributed by atoms with E-state index in [9.17, 15) is 39.6 Å². The number of carbonyl (C=O) groups is 1. The van der Waals surface area contributed by atoms with Crippen molar-refractivity contribution in [2.24, 2.45) is 5.92 Å². The lowest BCUT2D eigenvalue weighted by Gasteiger charge is -2.16. The molecule has 360 valence electrons. The number of aliphatic carboxylic acids is 1. The van der Waals surface area contributed by atoms with E-state index in [0.29, 0.717) is 156 Å². The van der Waals surface area contributed by atoms with Gasteiger partial charge < -0.3 is 57.2 Å². The third kappa shape index (κ3) is 28.8. The van der Waals surface area contributed by atoms with Crippen LogP contribution in [0.2, 0.25) is 0 Å². The fraction of sp³-hybridized carbons (Fsp3) is 0.769. The molecule has 2 atom stereocenters. The van der Waals surface area contributed by atoms with Gasteiger partial charge in [0.15, 0.2) is 0 Å². The minimum Gasteiger partial charge on any atom is -0.481 e. The van der Waals surface area contributed by atoms with E-state index in [1.807, 2.05) is 6.92 Å². The van der Waals surface area contributed by atoms with E-state index in [0.717, 1.165) is 24.6 Å². The van der Waals surface area contributed by atoms with Gasteiger partial charge in [0.2, 0.25) is 0 Å². The smallest absolute Gasteiger partial charge is 0.328 e. The minimum absolute atomic E-state index is 0.0924. The van der Waals surface area contributed by atoms with E-state index in [4.69, 9.17) is 47.2 Å². The van der Waals surface area contributed by atoms with E-state index >= 15 is 0 Å². The Balaban J connectivity index is 1.26. The van der Waals surface area contributed by atoms with Crippen LogP contribution in [0.5, 0.6) is 0 Å². The van der Waals surface area contributed by atoms with Gasteiger partial charge in [0.25, 0.3) is 11.4 Å². The molecule has 1 heterocycles. The number of rotatable bonds is 44. The summed E-state index contributed by atoms with van der Waals surface area (Å²) in [5.41, 5.74) is 0.655. The molecule has 0 fully saturated rings. The van der Waals surface area contributed by atoms with Crippen molar-refractivity contribution in [3.8, 4) is 0 Å². The maximum absolute atomic E-state index is 12.2. The second-order valence-electron chi connectivity index (χ2n) is 13.9. The van der Waals surface area contributed by atoms with Gasteiger partial charge >= 0.3 is 13.6 Å². The summed E-state index contributed by atoms with van der Waals surface area (Å²) in [6.07, 6.45) is 6.09. The number of hydrogen-bond acceptors (Lipinski definition) is 18. The highest BCUT2D eigenvalue weighted by molar-refractivity contribution is 7.52. The van der Waals surface area contributed by atoms with Crippen LogP contribution >= 0.6 is 7.60 Å². The molecule has 23 nitrogen and oxygen atoms in total. The first-order valence-electron chi connectivity index (χ1n) is 21.2. The summed E-state index contributed by atoms with van der Waals surface area (Å²) in [5, 5.41) is 39.4. The van der Waals surface area contributed by atoms with Crippen molar-refractivity contribution in [3.63, 3.8) is 0 Å². The molecule has 2 rings (SSSR count). The Hall–Kier alpha value is -3.58. The average molecular weight is 924 g/mol. The molecule has 0 aliphatic heterocycles. The number of nitro benzene ring substituents is 2. The monoisotopic (exact) mass is 923 g/mol. The van der Waals surface area contributed by atoms with Gasteiger partial charge in [0, 0.05) is 18.2 Å². The number of non-ortho nitro benzene ring substituents is 1. The molecule has 63 heavy (non-hydrogen) atoms. The van der Waals surface area contributed by atoms with Crippen molar-refractivity contribution in [2.45, 2.75) is 65.0 Å².